The minimum absolute atomic E-state index is 0.111. The van der Waals surface area contributed by atoms with E-state index in [4.69, 9.17) is 14.4 Å². The molecule has 0 aliphatic carbocycles. The first-order valence-corrected chi connectivity index (χ1v) is 9.41. The van der Waals surface area contributed by atoms with Crippen molar-refractivity contribution < 1.29 is 23.5 Å². The number of ether oxygens (including phenoxy) is 1. The van der Waals surface area contributed by atoms with Gasteiger partial charge >= 0.3 is 0 Å². The smallest absolute Gasteiger partial charge is 0.290 e. The van der Waals surface area contributed by atoms with E-state index < -0.39 is 23.8 Å². The summed E-state index contributed by atoms with van der Waals surface area (Å²) >= 11 is 0. The Balaban J connectivity index is 1.61. The van der Waals surface area contributed by atoms with E-state index in [2.05, 4.69) is 0 Å². The minimum atomic E-state index is -0.931. The SMILES string of the molecule is N#Cc1ccc(N2C(=O)CC(N(CC3CCCO3)C(=O)c3ccco3)C2=O)cc1. The molecule has 0 saturated carbocycles. The van der Waals surface area contributed by atoms with Crippen LogP contribution in [-0.4, -0.2) is 47.9 Å². The maximum absolute atomic E-state index is 13.1. The maximum Gasteiger partial charge on any atom is 0.290 e. The van der Waals surface area contributed by atoms with Crippen LogP contribution in [0.25, 0.3) is 0 Å². The summed E-state index contributed by atoms with van der Waals surface area (Å²) in [5.74, 6) is -1.20. The molecule has 3 amide bonds. The molecule has 2 fully saturated rings. The van der Waals surface area contributed by atoms with E-state index in [0.717, 1.165) is 17.7 Å². The fraction of sp³-hybridized carbons (Fsp3) is 0.333. The van der Waals surface area contributed by atoms with Gasteiger partial charge in [-0.25, -0.2) is 4.90 Å². The molecule has 2 saturated heterocycles. The van der Waals surface area contributed by atoms with Crippen molar-refractivity contribution in [2.24, 2.45) is 0 Å². The molecule has 8 heteroatoms. The molecule has 2 aliphatic heterocycles. The molecule has 1 aromatic heterocycles. The van der Waals surface area contributed by atoms with Gasteiger partial charge in [0, 0.05) is 13.2 Å². The highest BCUT2D eigenvalue weighted by atomic mass is 16.5. The van der Waals surface area contributed by atoms with Crippen LogP contribution in [0.4, 0.5) is 5.69 Å². The van der Waals surface area contributed by atoms with E-state index >= 15 is 0 Å². The van der Waals surface area contributed by atoms with Gasteiger partial charge in [-0.3, -0.25) is 14.4 Å². The van der Waals surface area contributed by atoms with Gasteiger partial charge in [0.25, 0.3) is 11.8 Å². The summed E-state index contributed by atoms with van der Waals surface area (Å²) in [5.41, 5.74) is 0.807. The Kier molecular flexibility index (Phi) is 5.14. The lowest BCUT2D eigenvalue weighted by molar-refractivity contribution is -0.122. The molecule has 2 unspecified atom stereocenters. The first-order chi connectivity index (χ1) is 14.1. The van der Waals surface area contributed by atoms with Crippen LogP contribution in [0.5, 0.6) is 0 Å². The van der Waals surface area contributed by atoms with Gasteiger partial charge in [0.15, 0.2) is 5.76 Å². The summed E-state index contributed by atoms with van der Waals surface area (Å²) in [5, 5.41) is 8.94. The van der Waals surface area contributed by atoms with Crippen molar-refractivity contribution in [1.29, 1.82) is 5.26 Å². The van der Waals surface area contributed by atoms with Gasteiger partial charge in [-0.15, -0.1) is 0 Å². The summed E-state index contributed by atoms with van der Waals surface area (Å²) in [6.45, 7) is 0.826. The van der Waals surface area contributed by atoms with E-state index in [0.29, 0.717) is 17.9 Å². The number of hydrogen-bond acceptors (Lipinski definition) is 6. The van der Waals surface area contributed by atoms with E-state index in [1.54, 1.807) is 30.3 Å². The third-order valence-corrected chi connectivity index (χ3v) is 5.17. The number of hydrogen-bond donors (Lipinski definition) is 0. The number of imide groups is 1. The number of benzene rings is 1. The van der Waals surface area contributed by atoms with Crippen molar-refractivity contribution in [1.82, 2.24) is 4.90 Å². The predicted molar refractivity (Wildman–Crippen MR) is 101 cm³/mol. The highest BCUT2D eigenvalue weighted by molar-refractivity contribution is 6.23. The Labute approximate surface area is 167 Å². The van der Waals surface area contributed by atoms with Gasteiger partial charge < -0.3 is 14.1 Å². The third kappa shape index (κ3) is 3.65. The number of carbonyl (C=O) groups is 3. The lowest BCUT2D eigenvalue weighted by Crippen LogP contribution is -2.48. The van der Waals surface area contributed by atoms with Gasteiger partial charge in [0.2, 0.25) is 5.91 Å². The molecular formula is C21H19N3O5. The van der Waals surface area contributed by atoms with Crippen molar-refractivity contribution in [2.75, 3.05) is 18.1 Å². The second kappa shape index (κ2) is 7.89. The van der Waals surface area contributed by atoms with Gasteiger partial charge in [-0.05, 0) is 49.2 Å². The molecule has 0 bridgehead atoms. The quantitative estimate of drug-likeness (QED) is 0.721. The first kappa shape index (κ1) is 18.9. The van der Waals surface area contributed by atoms with Crippen LogP contribution in [-0.2, 0) is 14.3 Å². The Hall–Kier alpha value is -3.44. The van der Waals surface area contributed by atoms with E-state index in [1.807, 2.05) is 6.07 Å². The van der Waals surface area contributed by atoms with E-state index in [1.165, 1.54) is 17.2 Å². The van der Waals surface area contributed by atoms with Crippen molar-refractivity contribution in [3.8, 4) is 6.07 Å². The lowest BCUT2D eigenvalue weighted by Gasteiger charge is -2.29. The van der Waals surface area contributed by atoms with Crippen molar-refractivity contribution in [3.05, 3.63) is 54.0 Å². The lowest BCUT2D eigenvalue weighted by atomic mass is 10.1. The summed E-state index contributed by atoms with van der Waals surface area (Å²) < 4.78 is 10.9. The molecule has 0 radical (unpaired) electrons. The van der Waals surface area contributed by atoms with E-state index in [9.17, 15) is 14.4 Å². The molecule has 2 atom stereocenters. The highest BCUT2D eigenvalue weighted by Gasteiger charge is 2.45. The van der Waals surface area contributed by atoms with Crippen LogP contribution in [0.2, 0.25) is 0 Å². The van der Waals surface area contributed by atoms with Gasteiger partial charge in [0.1, 0.15) is 6.04 Å². The van der Waals surface area contributed by atoms with Crippen molar-refractivity contribution >= 4 is 23.4 Å². The number of nitrogens with zero attached hydrogens (tertiary/aromatic N) is 3. The van der Waals surface area contributed by atoms with Crippen LogP contribution < -0.4 is 4.90 Å². The van der Waals surface area contributed by atoms with Crippen LogP contribution in [0, 0.1) is 11.3 Å². The van der Waals surface area contributed by atoms with Crippen LogP contribution in [0.3, 0.4) is 0 Å². The Morgan fingerprint density at radius 1 is 1.24 bits per heavy atom. The zero-order chi connectivity index (χ0) is 20.4. The molecule has 8 nitrogen and oxygen atoms in total. The summed E-state index contributed by atoms with van der Waals surface area (Å²) in [6, 6.07) is 10.4. The third-order valence-electron chi connectivity index (χ3n) is 5.17. The average molecular weight is 393 g/mol. The molecule has 2 aliphatic rings. The molecule has 148 valence electrons. The minimum Gasteiger partial charge on any atom is -0.459 e. The standard InChI is InChI=1S/C21H19N3O5/c22-12-14-5-7-15(8-6-14)24-19(25)11-17(20(24)26)23(13-16-3-1-9-28-16)21(27)18-4-2-10-29-18/h2,4-8,10,16-17H,1,3,9,11,13H2. The van der Waals surface area contributed by atoms with Crippen LogP contribution in [0.15, 0.2) is 47.1 Å². The monoisotopic (exact) mass is 393 g/mol. The fourth-order valence-electron chi connectivity index (χ4n) is 3.72. The van der Waals surface area contributed by atoms with E-state index in [-0.39, 0.29) is 24.8 Å². The van der Waals surface area contributed by atoms with Gasteiger partial charge in [0.05, 0.1) is 36.1 Å². The molecule has 3 heterocycles. The summed E-state index contributed by atoms with van der Waals surface area (Å²) in [4.78, 5) is 41.3. The highest BCUT2D eigenvalue weighted by Crippen LogP contribution is 2.28. The zero-order valence-electron chi connectivity index (χ0n) is 15.6. The molecule has 29 heavy (non-hydrogen) atoms. The van der Waals surface area contributed by atoms with Crippen molar-refractivity contribution in [2.45, 2.75) is 31.4 Å². The Morgan fingerprint density at radius 2 is 2.03 bits per heavy atom. The Morgan fingerprint density at radius 3 is 2.66 bits per heavy atom. The molecular weight excluding hydrogens is 374 g/mol. The molecule has 1 aromatic carbocycles. The second-order valence-corrected chi connectivity index (χ2v) is 7.02. The fourth-order valence-corrected chi connectivity index (χ4v) is 3.72. The van der Waals surface area contributed by atoms with Gasteiger partial charge in [-0.2, -0.15) is 5.26 Å². The molecule has 0 spiro atoms. The Bertz CT molecular complexity index is 955. The predicted octanol–water partition coefficient (Wildman–Crippen LogP) is 2.10. The van der Waals surface area contributed by atoms with Gasteiger partial charge in [-0.1, -0.05) is 0 Å². The number of anilines is 1. The van der Waals surface area contributed by atoms with Crippen molar-refractivity contribution in [3.63, 3.8) is 0 Å². The largest absolute Gasteiger partial charge is 0.459 e. The average Bonchev–Trinajstić information content (AvgIpc) is 3.48. The topological polar surface area (TPSA) is 104 Å². The number of rotatable bonds is 5. The molecule has 4 rings (SSSR count). The van der Waals surface area contributed by atoms with Crippen LogP contribution >= 0.6 is 0 Å². The summed E-state index contributed by atoms with van der Waals surface area (Å²) in [6.07, 6.45) is 2.78. The summed E-state index contributed by atoms with van der Waals surface area (Å²) in [7, 11) is 0. The number of furan rings is 1. The zero-order valence-corrected chi connectivity index (χ0v) is 15.6. The first-order valence-electron chi connectivity index (χ1n) is 9.41. The molecule has 2 aromatic rings. The second-order valence-electron chi connectivity index (χ2n) is 7.02. The number of carbonyl (C=O) groups excluding carboxylic acids is 3. The molecule has 0 N–H and O–H groups in total. The number of nitriles is 1. The number of amides is 3. The normalized spacial score (nSPS) is 21.4. The maximum atomic E-state index is 13.1. The van der Waals surface area contributed by atoms with Crippen LogP contribution in [0.1, 0.15) is 35.4 Å².